The maximum atomic E-state index is 13.6. The van der Waals surface area contributed by atoms with Crippen molar-refractivity contribution in [3.8, 4) is 0 Å². The van der Waals surface area contributed by atoms with E-state index in [0.29, 0.717) is 23.6 Å². The third-order valence-corrected chi connectivity index (χ3v) is 6.89. The van der Waals surface area contributed by atoms with Gasteiger partial charge in [0.1, 0.15) is 5.82 Å². The number of imidazole rings is 1. The van der Waals surface area contributed by atoms with Crippen LogP contribution in [-0.4, -0.2) is 38.2 Å². The van der Waals surface area contributed by atoms with E-state index in [0.717, 1.165) is 56.1 Å². The quantitative estimate of drug-likeness (QED) is 0.701. The van der Waals surface area contributed by atoms with Crippen molar-refractivity contribution in [1.29, 1.82) is 0 Å². The van der Waals surface area contributed by atoms with Crippen LogP contribution in [0.3, 0.4) is 0 Å². The topological polar surface area (TPSA) is 82.0 Å². The number of aromatic nitrogens is 4. The number of hydrogen-bond donors (Lipinski definition) is 1. The highest BCUT2D eigenvalue weighted by atomic mass is 16.1. The SMILES string of the molecule is Cn1c(C2CCCCC2)nc2nc(N3CCCC(N)C3)n(Cc3ccccc3)c2c1=O. The summed E-state index contributed by atoms with van der Waals surface area (Å²) in [4.78, 5) is 25.7. The highest BCUT2D eigenvalue weighted by molar-refractivity contribution is 5.74. The molecule has 31 heavy (non-hydrogen) atoms. The van der Waals surface area contributed by atoms with E-state index in [-0.39, 0.29) is 11.6 Å². The van der Waals surface area contributed by atoms with Gasteiger partial charge in [-0.15, -0.1) is 0 Å². The van der Waals surface area contributed by atoms with Gasteiger partial charge < -0.3 is 10.6 Å². The molecule has 164 valence electrons. The van der Waals surface area contributed by atoms with Crippen LogP contribution in [0.1, 0.15) is 62.3 Å². The molecular weight excluding hydrogens is 388 g/mol. The number of nitrogens with zero attached hydrogens (tertiary/aromatic N) is 5. The molecule has 2 fully saturated rings. The molecule has 3 heterocycles. The lowest BCUT2D eigenvalue weighted by Crippen LogP contribution is -2.44. The van der Waals surface area contributed by atoms with Crippen LogP contribution in [-0.2, 0) is 13.6 Å². The van der Waals surface area contributed by atoms with E-state index in [9.17, 15) is 4.79 Å². The van der Waals surface area contributed by atoms with E-state index in [1.807, 2.05) is 25.2 Å². The van der Waals surface area contributed by atoms with Crippen LogP contribution >= 0.6 is 0 Å². The summed E-state index contributed by atoms with van der Waals surface area (Å²) in [5.74, 6) is 2.06. The standard InChI is InChI=1S/C24H32N6O/c1-28-22(18-11-6-3-7-12-18)26-21-20(23(28)31)30(15-17-9-4-2-5-10-17)24(27-21)29-14-8-13-19(25)16-29/h2,4-5,9-10,18-19H,3,6-8,11-16,25H2,1H3. The van der Waals surface area contributed by atoms with E-state index in [4.69, 9.17) is 15.7 Å². The van der Waals surface area contributed by atoms with Crippen molar-refractivity contribution in [2.75, 3.05) is 18.0 Å². The van der Waals surface area contributed by atoms with Crippen LogP contribution in [0.25, 0.3) is 11.2 Å². The first-order chi connectivity index (χ1) is 15.1. The van der Waals surface area contributed by atoms with E-state index < -0.39 is 0 Å². The van der Waals surface area contributed by atoms with E-state index in [1.165, 1.54) is 19.3 Å². The van der Waals surface area contributed by atoms with Gasteiger partial charge in [-0.2, -0.15) is 4.98 Å². The lowest BCUT2D eigenvalue weighted by Gasteiger charge is -2.31. The number of anilines is 1. The number of rotatable bonds is 4. The Morgan fingerprint density at radius 2 is 1.81 bits per heavy atom. The molecule has 1 aliphatic heterocycles. The van der Waals surface area contributed by atoms with E-state index in [1.54, 1.807) is 4.57 Å². The molecule has 0 spiro atoms. The van der Waals surface area contributed by atoms with Crippen LogP contribution in [0.4, 0.5) is 5.95 Å². The zero-order valence-corrected chi connectivity index (χ0v) is 18.3. The predicted octanol–water partition coefficient (Wildman–Crippen LogP) is 3.15. The summed E-state index contributed by atoms with van der Waals surface area (Å²) in [6, 6.07) is 10.4. The van der Waals surface area contributed by atoms with Crippen molar-refractivity contribution in [2.24, 2.45) is 12.8 Å². The third kappa shape index (κ3) is 3.87. The zero-order chi connectivity index (χ0) is 21.4. The van der Waals surface area contributed by atoms with Crippen LogP contribution in [0, 0.1) is 0 Å². The summed E-state index contributed by atoms with van der Waals surface area (Å²) in [6.07, 6.45) is 7.96. The first-order valence-electron chi connectivity index (χ1n) is 11.6. The van der Waals surface area contributed by atoms with E-state index in [2.05, 4.69) is 21.6 Å². The average molecular weight is 421 g/mol. The minimum absolute atomic E-state index is 0.00145. The second-order valence-electron chi connectivity index (χ2n) is 9.17. The Morgan fingerprint density at radius 3 is 2.55 bits per heavy atom. The third-order valence-electron chi connectivity index (χ3n) is 6.89. The lowest BCUT2D eigenvalue weighted by molar-refractivity contribution is 0.417. The fourth-order valence-corrected chi connectivity index (χ4v) is 5.24. The first kappa shape index (κ1) is 20.2. The molecule has 0 bridgehead atoms. The molecule has 1 saturated heterocycles. The highest BCUT2D eigenvalue weighted by Gasteiger charge is 2.27. The highest BCUT2D eigenvalue weighted by Crippen LogP contribution is 2.32. The fraction of sp³-hybridized carbons (Fsp3) is 0.542. The molecule has 1 atom stereocenters. The number of fused-ring (bicyclic) bond motifs is 1. The summed E-state index contributed by atoms with van der Waals surface area (Å²) in [7, 11) is 1.87. The number of nitrogens with two attached hydrogens (primary N) is 1. The maximum absolute atomic E-state index is 13.6. The van der Waals surface area contributed by atoms with Crippen molar-refractivity contribution in [1.82, 2.24) is 19.1 Å². The second kappa shape index (κ2) is 8.46. The lowest BCUT2D eigenvalue weighted by atomic mass is 9.88. The van der Waals surface area contributed by atoms with Gasteiger partial charge in [0.15, 0.2) is 11.2 Å². The Labute approximate surface area is 182 Å². The molecule has 0 radical (unpaired) electrons. The Hall–Kier alpha value is -2.67. The Morgan fingerprint density at radius 1 is 1.03 bits per heavy atom. The average Bonchev–Trinajstić information content (AvgIpc) is 3.16. The molecule has 0 amide bonds. The molecule has 2 aromatic heterocycles. The van der Waals surface area contributed by atoms with Crippen molar-refractivity contribution >= 4 is 17.1 Å². The van der Waals surface area contributed by atoms with Crippen molar-refractivity contribution in [3.05, 3.63) is 52.1 Å². The minimum atomic E-state index is 0.00145. The van der Waals surface area contributed by atoms with Crippen LogP contribution in [0.15, 0.2) is 35.1 Å². The van der Waals surface area contributed by atoms with E-state index >= 15 is 0 Å². The van der Waals surface area contributed by atoms with Gasteiger partial charge in [0.25, 0.3) is 5.56 Å². The summed E-state index contributed by atoms with van der Waals surface area (Å²) in [6.45, 7) is 2.26. The van der Waals surface area contributed by atoms with Crippen LogP contribution < -0.4 is 16.2 Å². The summed E-state index contributed by atoms with van der Waals surface area (Å²) < 4.78 is 3.83. The zero-order valence-electron chi connectivity index (χ0n) is 18.3. The van der Waals surface area contributed by atoms with Crippen LogP contribution in [0.2, 0.25) is 0 Å². The molecule has 2 N–H and O–H groups in total. The second-order valence-corrected chi connectivity index (χ2v) is 9.17. The molecule has 1 unspecified atom stereocenters. The summed E-state index contributed by atoms with van der Waals surface area (Å²) in [5, 5.41) is 0. The summed E-state index contributed by atoms with van der Waals surface area (Å²) >= 11 is 0. The van der Waals surface area contributed by atoms with Gasteiger partial charge in [-0.3, -0.25) is 13.9 Å². The van der Waals surface area contributed by atoms with Crippen molar-refractivity contribution < 1.29 is 0 Å². The Kier molecular flexibility index (Phi) is 5.52. The first-order valence-corrected chi connectivity index (χ1v) is 11.6. The number of hydrogen-bond acceptors (Lipinski definition) is 5. The molecule has 1 saturated carbocycles. The normalized spacial score (nSPS) is 20.5. The molecule has 1 aliphatic carbocycles. The molecule has 7 nitrogen and oxygen atoms in total. The Balaban J connectivity index is 1.66. The van der Waals surface area contributed by atoms with Crippen molar-refractivity contribution in [2.45, 2.75) is 63.5 Å². The van der Waals surface area contributed by atoms with Gasteiger partial charge in [0.2, 0.25) is 5.95 Å². The molecule has 3 aromatic rings. The van der Waals surface area contributed by atoms with Gasteiger partial charge in [-0.1, -0.05) is 49.6 Å². The van der Waals surface area contributed by atoms with Crippen LogP contribution in [0.5, 0.6) is 0 Å². The van der Waals surface area contributed by atoms with Gasteiger partial charge in [0, 0.05) is 32.1 Å². The smallest absolute Gasteiger partial charge is 0.279 e. The molecular formula is C24H32N6O. The number of piperidine rings is 1. The van der Waals surface area contributed by atoms with Gasteiger partial charge in [-0.05, 0) is 31.2 Å². The fourth-order valence-electron chi connectivity index (χ4n) is 5.24. The summed E-state index contributed by atoms with van der Waals surface area (Å²) in [5.41, 5.74) is 8.59. The Bertz CT molecular complexity index is 1110. The predicted molar refractivity (Wildman–Crippen MR) is 124 cm³/mol. The molecule has 5 rings (SSSR count). The maximum Gasteiger partial charge on any atom is 0.279 e. The monoisotopic (exact) mass is 420 g/mol. The van der Waals surface area contributed by atoms with Gasteiger partial charge in [0.05, 0.1) is 6.54 Å². The largest absolute Gasteiger partial charge is 0.341 e. The van der Waals surface area contributed by atoms with Gasteiger partial charge in [-0.25, -0.2) is 4.98 Å². The molecule has 1 aromatic carbocycles. The van der Waals surface area contributed by atoms with Gasteiger partial charge >= 0.3 is 0 Å². The van der Waals surface area contributed by atoms with Crippen molar-refractivity contribution in [3.63, 3.8) is 0 Å². The molecule has 2 aliphatic rings. The number of benzene rings is 1. The minimum Gasteiger partial charge on any atom is -0.341 e. The molecule has 7 heteroatoms.